The molecule has 4 rings (SSSR count). The molecular weight excluding hydrogens is 413 g/mol. The van der Waals surface area contributed by atoms with Crippen LogP contribution >= 0.6 is 0 Å². The lowest BCUT2D eigenvalue weighted by atomic mass is 9.95. The van der Waals surface area contributed by atoms with Crippen LogP contribution in [0.2, 0.25) is 0 Å². The Bertz CT molecular complexity index is 909. The summed E-state index contributed by atoms with van der Waals surface area (Å²) in [5, 5.41) is 3.97. The van der Waals surface area contributed by atoms with Crippen LogP contribution < -0.4 is 0 Å². The van der Waals surface area contributed by atoms with E-state index in [0.717, 1.165) is 49.9 Å². The molecule has 30 heavy (non-hydrogen) atoms. The number of nitrogens with zero attached hydrogens (tertiary/aromatic N) is 2. The van der Waals surface area contributed by atoms with E-state index >= 15 is 0 Å². The highest BCUT2D eigenvalue weighted by molar-refractivity contribution is 7.79. The van der Waals surface area contributed by atoms with Crippen molar-refractivity contribution in [3.63, 3.8) is 0 Å². The molecule has 2 aliphatic rings. The van der Waals surface area contributed by atoms with Gasteiger partial charge in [-0.05, 0) is 74.1 Å². The van der Waals surface area contributed by atoms with Gasteiger partial charge in [-0.25, -0.2) is 4.68 Å². The van der Waals surface area contributed by atoms with E-state index in [4.69, 9.17) is 0 Å². The van der Waals surface area contributed by atoms with Crippen LogP contribution in [0, 0.1) is 5.92 Å². The van der Waals surface area contributed by atoms with E-state index < -0.39 is 23.0 Å². The van der Waals surface area contributed by atoms with Crippen LogP contribution in [0.3, 0.4) is 0 Å². The third-order valence-corrected chi connectivity index (χ3v) is 6.31. The van der Waals surface area contributed by atoms with Crippen molar-refractivity contribution in [2.75, 3.05) is 5.75 Å². The summed E-state index contributed by atoms with van der Waals surface area (Å²) in [6.45, 7) is 4.17. The molecule has 166 valence electrons. The molecule has 1 aromatic carbocycles. The summed E-state index contributed by atoms with van der Waals surface area (Å²) in [7, 11) is 0. The molecule has 1 heterocycles. The average Bonchev–Trinajstić information content (AvgIpc) is 3.25. The number of fused-ring (bicyclic) bond motifs is 2. The molecule has 0 fully saturated rings. The molecule has 0 N–H and O–H groups in total. The van der Waals surface area contributed by atoms with Crippen LogP contribution in [0.1, 0.15) is 67.6 Å². The maximum Gasteiger partial charge on any atom is 0.435 e. The smallest absolute Gasteiger partial charge is 0.435 e. The first kappa shape index (κ1) is 23.0. The van der Waals surface area contributed by atoms with E-state index in [1.165, 1.54) is 11.1 Å². The number of alkyl halides is 3. The van der Waals surface area contributed by atoms with Crippen molar-refractivity contribution >= 4 is 11.1 Å². The first-order valence-corrected chi connectivity index (χ1v) is 11.8. The maximum absolute atomic E-state index is 13.3. The average molecular weight is 442 g/mol. The van der Waals surface area contributed by atoms with Gasteiger partial charge in [-0.2, -0.15) is 18.3 Å². The van der Waals surface area contributed by atoms with Gasteiger partial charge in [0.25, 0.3) is 0 Å². The zero-order valence-corrected chi connectivity index (χ0v) is 18.2. The largest absolute Gasteiger partial charge is 0.772 e. The summed E-state index contributed by atoms with van der Waals surface area (Å²) in [6.07, 6.45) is 2.31. The topological polar surface area (TPSA) is 58.0 Å². The highest BCUT2D eigenvalue weighted by Crippen LogP contribution is 2.37. The Morgan fingerprint density at radius 1 is 1.20 bits per heavy atom. The Morgan fingerprint density at radius 3 is 2.53 bits per heavy atom. The second kappa shape index (κ2) is 9.64. The molecule has 1 aromatic heterocycles. The van der Waals surface area contributed by atoms with E-state index in [-0.39, 0.29) is 0 Å². The molecular formula is C22H28F3N2O2S-. The molecule has 2 aromatic rings. The Hall–Kier alpha value is -1.67. The standard InChI is InChI=1S/C18H19F3N2.C4H10O2S/c1-11-8-12-6-7-14(10-13(12)9-11)23-16-5-3-2-4-15(16)17(22-23)18(19,20)21;1-2-3-4-7(5)6/h6-7,10-11H,2-5,8-9H2,1H3;2-4H2,1H3,(H,5,6)/p-1. The Labute approximate surface area is 178 Å². The number of unbranched alkanes of at least 4 members (excludes halogenated alkanes) is 1. The zero-order valence-electron chi connectivity index (χ0n) is 17.4. The first-order valence-electron chi connectivity index (χ1n) is 10.6. The van der Waals surface area contributed by atoms with Gasteiger partial charge < -0.3 is 4.55 Å². The Morgan fingerprint density at radius 2 is 1.90 bits per heavy atom. The molecule has 8 heteroatoms. The molecule has 0 radical (unpaired) electrons. The normalized spacial score (nSPS) is 18.9. The molecule has 0 spiro atoms. The van der Waals surface area contributed by atoms with Crippen LogP contribution in [0.5, 0.6) is 0 Å². The minimum atomic E-state index is -4.38. The zero-order chi connectivity index (χ0) is 21.9. The van der Waals surface area contributed by atoms with Crippen LogP contribution in [0.15, 0.2) is 18.2 Å². The maximum atomic E-state index is 13.3. The fourth-order valence-corrected chi connectivity index (χ4v) is 4.78. The number of aromatic nitrogens is 2. The van der Waals surface area contributed by atoms with Crippen molar-refractivity contribution < 1.29 is 21.9 Å². The lowest BCUT2D eigenvalue weighted by molar-refractivity contribution is -0.142. The number of hydrogen-bond acceptors (Lipinski definition) is 3. The van der Waals surface area contributed by atoms with Gasteiger partial charge in [-0.1, -0.05) is 37.4 Å². The second-order valence-electron chi connectivity index (χ2n) is 8.22. The van der Waals surface area contributed by atoms with Crippen LogP contribution in [0.4, 0.5) is 13.2 Å². The molecule has 0 saturated carbocycles. The molecule has 2 unspecified atom stereocenters. The van der Waals surface area contributed by atoms with Gasteiger partial charge in [-0.15, -0.1) is 0 Å². The van der Waals surface area contributed by atoms with E-state index in [1.54, 1.807) is 4.68 Å². The minimum absolute atomic E-state index is 0.316. The monoisotopic (exact) mass is 441 g/mol. The number of halogens is 3. The van der Waals surface area contributed by atoms with Gasteiger partial charge in [0.2, 0.25) is 0 Å². The fraction of sp³-hybridized carbons (Fsp3) is 0.591. The Kier molecular flexibility index (Phi) is 7.39. The van der Waals surface area contributed by atoms with Crippen LogP contribution in [-0.4, -0.2) is 24.3 Å². The molecule has 2 aliphatic carbocycles. The van der Waals surface area contributed by atoms with Gasteiger partial charge in [-0.3, -0.25) is 4.21 Å². The fourth-order valence-electron chi connectivity index (χ4n) is 4.26. The number of benzene rings is 1. The third kappa shape index (κ3) is 5.32. The Balaban J connectivity index is 0.000000318. The second-order valence-corrected chi connectivity index (χ2v) is 9.23. The van der Waals surface area contributed by atoms with Crippen LogP contribution in [0.25, 0.3) is 5.69 Å². The predicted octanol–water partition coefficient (Wildman–Crippen LogP) is 5.17. The minimum Gasteiger partial charge on any atom is -0.772 e. The summed E-state index contributed by atoms with van der Waals surface area (Å²) < 4.78 is 61.0. The van der Waals surface area contributed by atoms with Gasteiger partial charge in [0.15, 0.2) is 5.69 Å². The van der Waals surface area contributed by atoms with E-state index in [9.17, 15) is 21.9 Å². The molecule has 0 saturated heterocycles. The van der Waals surface area contributed by atoms with Crippen molar-refractivity contribution in [2.24, 2.45) is 5.92 Å². The van der Waals surface area contributed by atoms with E-state index in [2.05, 4.69) is 18.1 Å². The first-order chi connectivity index (χ1) is 14.2. The highest BCUT2D eigenvalue weighted by atomic mass is 32.2. The summed E-state index contributed by atoms with van der Waals surface area (Å²) in [6, 6.07) is 6.00. The summed E-state index contributed by atoms with van der Waals surface area (Å²) in [5.74, 6) is 0.925. The van der Waals surface area contributed by atoms with Crippen molar-refractivity contribution in [1.29, 1.82) is 0 Å². The lowest BCUT2D eigenvalue weighted by Gasteiger charge is -2.15. The van der Waals surface area contributed by atoms with Gasteiger partial charge in [0, 0.05) is 17.0 Å². The highest BCUT2D eigenvalue weighted by Gasteiger charge is 2.39. The molecule has 0 bridgehead atoms. The summed E-state index contributed by atoms with van der Waals surface area (Å²) >= 11 is -1.82. The van der Waals surface area contributed by atoms with E-state index in [0.29, 0.717) is 30.1 Å². The van der Waals surface area contributed by atoms with E-state index in [1.807, 2.05) is 19.1 Å². The molecule has 0 aliphatic heterocycles. The quantitative estimate of drug-likeness (QED) is 0.615. The molecule has 4 nitrogen and oxygen atoms in total. The van der Waals surface area contributed by atoms with Crippen molar-refractivity contribution in [3.8, 4) is 5.69 Å². The molecule has 0 amide bonds. The predicted molar refractivity (Wildman–Crippen MR) is 110 cm³/mol. The van der Waals surface area contributed by atoms with Crippen molar-refractivity contribution in [2.45, 2.75) is 71.4 Å². The summed E-state index contributed by atoms with van der Waals surface area (Å²) in [4.78, 5) is 0. The van der Waals surface area contributed by atoms with Gasteiger partial charge >= 0.3 is 6.18 Å². The van der Waals surface area contributed by atoms with Gasteiger partial charge in [0.1, 0.15) is 0 Å². The lowest BCUT2D eigenvalue weighted by Crippen LogP contribution is -2.11. The van der Waals surface area contributed by atoms with Crippen molar-refractivity contribution in [1.82, 2.24) is 9.78 Å². The van der Waals surface area contributed by atoms with Crippen molar-refractivity contribution in [3.05, 3.63) is 46.3 Å². The summed E-state index contributed by atoms with van der Waals surface area (Å²) in [5.41, 5.74) is 3.79. The SMILES string of the molecule is CC1Cc2ccc(-n3nc(C(F)(F)F)c4c3CCCC4)cc2C1.CCCCS(=O)[O-]. The number of rotatable bonds is 4. The number of hydrogen-bond donors (Lipinski definition) is 0. The van der Waals surface area contributed by atoms with Gasteiger partial charge in [0.05, 0.1) is 5.69 Å². The third-order valence-electron chi connectivity index (χ3n) is 5.68. The molecule has 2 atom stereocenters. The van der Waals surface area contributed by atoms with Crippen LogP contribution in [-0.2, 0) is 42.9 Å².